The Morgan fingerprint density at radius 1 is 1.45 bits per heavy atom. The monoisotopic (exact) mass is 290 g/mol. The highest BCUT2D eigenvalue weighted by atomic mass is 19.4. The van der Waals surface area contributed by atoms with E-state index in [2.05, 4.69) is 5.32 Å². The Labute approximate surface area is 112 Å². The summed E-state index contributed by atoms with van der Waals surface area (Å²) in [5, 5.41) is 14.0. The molecule has 1 fully saturated rings. The van der Waals surface area contributed by atoms with E-state index in [4.69, 9.17) is 4.74 Å². The van der Waals surface area contributed by atoms with E-state index in [1.54, 1.807) is 0 Å². The number of rotatable bonds is 4. The molecule has 20 heavy (non-hydrogen) atoms. The molecular weight excluding hydrogens is 277 g/mol. The van der Waals surface area contributed by atoms with Crippen molar-refractivity contribution in [3.63, 3.8) is 0 Å². The molecule has 110 valence electrons. The van der Waals surface area contributed by atoms with Gasteiger partial charge in [-0.3, -0.25) is 10.1 Å². The molecule has 1 aliphatic rings. The highest BCUT2D eigenvalue weighted by molar-refractivity contribution is 5.49. The first kappa shape index (κ1) is 14.6. The summed E-state index contributed by atoms with van der Waals surface area (Å²) in [5.74, 6) is -0.142. The SMILES string of the molecule is O=[N+]([O-])c1cc(C(F)(F)F)ccc1OCC1CCCN1. The van der Waals surface area contributed by atoms with Gasteiger partial charge in [-0.1, -0.05) is 0 Å². The van der Waals surface area contributed by atoms with Crippen LogP contribution in [0.4, 0.5) is 18.9 Å². The molecule has 1 aromatic rings. The third-order valence-corrected chi connectivity index (χ3v) is 3.09. The Balaban J connectivity index is 2.17. The fraction of sp³-hybridized carbons (Fsp3) is 0.500. The number of ether oxygens (including phenoxy) is 1. The van der Waals surface area contributed by atoms with Crippen LogP contribution in [0.25, 0.3) is 0 Å². The number of nitrogens with zero attached hydrogens (tertiary/aromatic N) is 1. The normalized spacial score (nSPS) is 19.1. The highest BCUT2D eigenvalue weighted by Crippen LogP contribution is 2.36. The Hall–Kier alpha value is -1.83. The molecule has 1 N–H and O–H groups in total. The van der Waals surface area contributed by atoms with Crippen LogP contribution in [0, 0.1) is 10.1 Å². The van der Waals surface area contributed by atoms with Crippen LogP contribution in [0.3, 0.4) is 0 Å². The van der Waals surface area contributed by atoms with Gasteiger partial charge in [0.05, 0.1) is 10.5 Å². The lowest BCUT2D eigenvalue weighted by Crippen LogP contribution is -2.28. The third kappa shape index (κ3) is 3.38. The average molecular weight is 290 g/mol. The number of nitro groups is 1. The zero-order valence-electron chi connectivity index (χ0n) is 10.4. The van der Waals surface area contributed by atoms with Crippen molar-refractivity contribution in [1.29, 1.82) is 0 Å². The summed E-state index contributed by atoms with van der Waals surface area (Å²) >= 11 is 0. The Kier molecular flexibility index (Phi) is 4.12. The maximum Gasteiger partial charge on any atom is 0.416 e. The summed E-state index contributed by atoms with van der Waals surface area (Å²) in [6.07, 6.45) is -2.74. The molecule has 1 unspecified atom stereocenters. The van der Waals surface area contributed by atoms with Gasteiger partial charge in [-0.2, -0.15) is 13.2 Å². The molecule has 1 aromatic carbocycles. The summed E-state index contributed by atoms with van der Waals surface area (Å²) in [5.41, 5.74) is -1.73. The van der Waals surface area contributed by atoms with E-state index in [9.17, 15) is 23.3 Å². The van der Waals surface area contributed by atoms with Gasteiger partial charge in [-0.05, 0) is 31.5 Å². The van der Waals surface area contributed by atoms with Crippen LogP contribution in [0.2, 0.25) is 0 Å². The lowest BCUT2D eigenvalue weighted by atomic mass is 10.2. The van der Waals surface area contributed by atoms with Crippen LogP contribution in [0.1, 0.15) is 18.4 Å². The minimum atomic E-state index is -4.61. The first-order valence-corrected chi connectivity index (χ1v) is 6.10. The van der Waals surface area contributed by atoms with Crippen LogP contribution < -0.4 is 10.1 Å². The molecule has 8 heteroatoms. The zero-order chi connectivity index (χ0) is 14.8. The topological polar surface area (TPSA) is 64.4 Å². The van der Waals surface area contributed by atoms with Gasteiger partial charge in [-0.25, -0.2) is 0 Å². The standard InChI is InChI=1S/C12H13F3N2O3/c13-12(14,15)8-3-4-11(10(6-8)17(18)19)20-7-9-2-1-5-16-9/h3-4,6,9,16H,1-2,5,7H2. The van der Waals surface area contributed by atoms with Crippen molar-refractivity contribution >= 4 is 5.69 Å². The van der Waals surface area contributed by atoms with E-state index in [-0.39, 0.29) is 18.4 Å². The van der Waals surface area contributed by atoms with Gasteiger partial charge >= 0.3 is 11.9 Å². The first-order chi connectivity index (χ1) is 9.38. The number of alkyl halides is 3. The molecule has 2 rings (SSSR count). The number of nitrogens with one attached hydrogen (secondary N) is 1. The number of halogens is 3. The quantitative estimate of drug-likeness (QED) is 0.684. The maximum atomic E-state index is 12.5. The van der Waals surface area contributed by atoms with Gasteiger partial charge in [-0.15, -0.1) is 0 Å². The van der Waals surface area contributed by atoms with Gasteiger partial charge < -0.3 is 10.1 Å². The fourth-order valence-electron chi connectivity index (χ4n) is 2.05. The van der Waals surface area contributed by atoms with E-state index in [0.717, 1.165) is 31.5 Å². The molecule has 5 nitrogen and oxygen atoms in total. The van der Waals surface area contributed by atoms with Crippen molar-refractivity contribution in [2.24, 2.45) is 0 Å². The highest BCUT2D eigenvalue weighted by Gasteiger charge is 2.33. The van der Waals surface area contributed by atoms with Crippen LogP contribution in [-0.2, 0) is 6.18 Å². The third-order valence-electron chi connectivity index (χ3n) is 3.09. The molecule has 0 spiro atoms. The van der Waals surface area contributed by atoms with Crippen LogP contribution >= 0.6 is 0 Å². The molecule has 0 aliphatic carbocycles. The summed E-state index contributed by atoms with van der Waals surface area (Å²) in [6, 6.07) is 2.36. The minimum Gasteiger partial charge on any atom is -0.485 e. The molecule has 0 radical (unpaired) electrons. The number of benzene rings is 1. The van der Waals surface area contributed by atoms with E-state index < -0.39 is 22.4 Å². The van der Waals surface area contributed by atoms with Gasteiger partial charge in [0.1, 0.15) is 6.61 Å². The summed E-state index contributed by atoms with van der Waals surface area (Å²) in [7, 11) is 0. The molecule has 1 atom stereocenters. The lowest BCUT2D eigenvalue weighted by molar-refractivity contribution is -0.386. The summed E-state index contributed by atoms with van der Waals surface area (Å²) < 4.78 is 42.8. The molecule has 0 bridgehead atoms. The van der Waals surface area contributed by atoms with E-state index in [1.165, 1.54) is 0 Å². The molecule has 1 heterocycles. The average Bonchev–Trinajstić information content (AvgIpc) is 2.88. The van der Waals surface area contributed by atoms with E-state index >= 15 is 0 Å². The zero-order valence-corrected chi connectivity index (χ0v) is 10.4. The second kappa shape index (κ2) is 5.66. The summed E-state index contributed by atoms with van der Waals surface area (Å²) in [6.45, 7) is 1.05. The minimum absolute atomic E-state index is 0.0805. The predicted octanol–water partition coefficient (Wildman–Crippen LogP) is 2.74. The lowest BCUT2D eigenvalue weighted by Gasteiger charge is -2.13. The number of nitro benzene ring substituents is 1. The van der Waals surface area contributed by atoms with Crippen LogP contribution in [0.5, 0.6) is 5.75 Å². The largest absolute Gasteiger partial charge is 0.485 e. The Morgan fingerprint density at radius 2 is 2.20 bits per heavy atom. The number of hydrogen-bond donors (Lipinski definition) is 1. The maximum absolute atomic E-state index is 12.5. The van der Waals surface area contributed by atoms with Crippen molar-refractivity contribution in [1.82, 2.24) is 5.32 Å². The number of hydrogen-bond acceptors (Lipinski definition) is 4. The van der Waals surface area contributed by atoms with Gasteiger partial charge in [0.25, 0.3) is 0 Å². The van der Waals surface area contributed by atoms with Crippen molar-refractivity contribution in [3.05, 3.63) is 33.9 Å². The smallest absolute Gasteiger partial charge is 0.416 e. The van der Waals surface area contributed by atoms with Gasteiger partial charge in [0.15, 0.2) is 5.75 Å². The van der Waals surface area contributed by atoms with Gasteiger partial charge in [0, 0.05) is 12.1 Å². The van der Waals surface area contributed by atoms with Crippen molar-refractivity contribution in [2.45, 2.75) is 25.1 Å². The molecule has 0 aromatic heterocycles. The first-order valence-electron chi connectivity index (χ1n) is 6.10. The predicted molar refractivity (Wildman–Crippen MR) is 64.6 cm³/mol. The van der Waals surface area contributed by atoms with Crippen molar-refractivity contribution in [2.75, 3.05) is 13.2 Å². The van der Waals surface area contributed by atoms with E-state index in [0.29, 0.717) is 6.07 Å². The van der Waals surface area contributed by atoms with Crippen LogP contribution in [-0.4, -0.2) is 24.1 Å². The van der Waals surface area contributed by atoms with Crippen LogP contribution in [0.15, 0.2) is 18.2 Å². The summed E-state index contributed by atoms with van der Waals surface area (Å²) in [4.78, 5) is 9.97. The Bertz CT molecular complexity index is 499. The fourth-order valence-corrected chi connectivity index (χ4v) is 2.05. The molecule has 1 aliphatic heterocycles. The molecule has 0 amide bonds. The van der Waals surface area contributed by atoms with Crippen molar-refractivity contribution < 1.29 is 22.8 Å². The van der Waals surface area contributed by atoms with E-state index in [1.807, 2.05) is 0 Å². The van der Waals surface area contributed by atoms with Gasteiger partial charge in [0.2, 0.25) is 0 Å². The second-order valence-electron chi connectivity index (χ2n) is 4.54. The molecular formula is C12H13F3N2O3. The van der Waals surface area contributed by atoms with Crippen molar-refractivity contribution in [3.8, 4) is 5.75 Å². The molecule has 0 saturated carbocycles. The second-order valence-corrected chi connectivity index (χ2v) is 4.54. The Morgan fingerprint density at radius 3 is 2.75 bits per heavy atom. The molecule has 1 saturated heterocycles.